The summed E-state index contributed by atoms with van der Waals surface area (Å²) in [6.45, 7) is 0.0108. The fourth-order valence-corrected chi connectivity index (χ4v) is 3.21. The third-order valence-electron chi connectivity index (χ3n) is 5.23. The van der Waals surface area contributed by atoms with Crippen LogP contribution in [0.1, 0.15) is 34.5 Å². The molecule has 3 rings (SSSR count). The zero-order chi connectivity index (χ0) is 27.5. The molecule has 3 aromatic rings. The molecule has 0 radical (unpaired) electrons. The average Bonchev–Trinajstić information content (AvgIpc) is 2.93. The first-order valence-corrected chi connectivity index (χ1v) is 11.4. The highest BCUT2D eigenvalue weighted by atomic mass is 19.2. The number of carbonyl (C=O) groups is 3. The van der Waals surface area contributed by atoms with Gasteiger partial charge in [0.2, 0.25) is 5.91 Å². The fourth-order valence-electron chi connectivity index (χ4n) is 3.21. The van der Waals surface area contributed by atoms with Gasteiger partial charge in [-0.05, 0) is 66.2 Å². The topological polar surface area (TPSA) is 146 Å². The van der Waals surface area contributed by atoms with Crippen LogP contribution < -0.4 is 27.2 Å². The lowest BCUT2D eigenvalue weighted by Crippen LogP contribution is -2.50. The number of benzene rings is 3. The number of rotatable bonds is 9. The second kappa shape index (κ2) is 14.9. The van der Waals surface area contributed by atoms with Gasteiger partial charge < -0.3 is 21.7 Å². The van der Waals surface area contributed by atoms with Crippen molar-refractivity contribution >= 4 is 23.4 Å². The summed E-state index contributed by atoms with van der Waals surface area (Å²) >= 11 is 0. The maximum atomic E-state index is 13.2. The Balaban J connectivity index is 0.00000533. The van der Waals surface area contributed by atoms with Crippen LogP contribution >= 0.6 is 0 Å². The maximum Gasteiger partial charge on any atom is 0.267 e. The van der Waals surface area contributed by atoms with Gasteiger partial charge in [-0.3, -0.25) is 19.6 Å². The van der Waals surface area contributed by atoms with Crippen molar-refractivity contribution in [1.82, 2.24) is 16.1 Å². The normalized spacial score (nSPS) is 10.8. The quantitative estimate of drug-likeness (QED) is 0.140. The van der Waals surface area contributed by atoms with Crippen LogP contribution in [0.4, 0.5) is 14.5 Å². The van der Waals surface area contributed by atoms with Crippen LogP contribution in [0.3, 0.4) is 0 Å². The summed E-state index contributed by atoms with van der Waals surface area (Å²) in [7, 11) is 0. The molecule has 0 spiro atoms. The van der Waals surface area contributed by atoms with Crippen molar-refractivity contribution in [3.05, 3.63) is 101 Å². The summed E-state index contributed by atoms with van der Waals surface area (Å²) in [5.41, 5.74) is 9.59. The van der Waals surface area contributed by atoms with E-state index in [1.54, 1.807) is 48.5 Å². The molecule has 0 aromatic heterocycles. The zero-order valence-corrected chi connectivity index (χ0v) is 20.1. The standard InChI is InChI=1S/C27H25F2N5O4.CH4/c28-22-12-7-19(13-23(22)29)15-31-16-25(35)32-21-10-5-18(6-11-21)2-1-17-3-8-20(9-4-17)26(36)33-24(14-30)27(37)34-38;/h3-13,24,31,38H,14-16,30H2,(H,32,35)(H,33,36)(H,34,37);1H4/t24-;/m0./s1. The van der Waals surface area contributed by atoms with Crippen LogP contribution in [0.2, 0.25) is 0 Å². The molecule has 0 unspecified atom stereocenters. The van der Waals surface area contributed by atoms with Gasteiger partial charge in [0.1, 0.15) is 6.04 Å². The number of hydrogen-bond acceptors (Lipinski definition) is 6. The summed E-state index contributed by atoms with van der Waals surface area (Å²) in [6, 6.07) is 15.7. The molecule has 0 fully saturated rings. The zero-order valence-electron chi connectivity index (χ0n) is 20.1. The molecule has 0 saturated heterocycles. The van der Waals surface area contributed by atoms with Crippen molar-refractivity contribution in [2.45, 2.75) is 20.0 Å². The van der Waals surface area contributed by atoms with E-state index in [1.165, 1.54) is 11.5 Å². The molecule has 0 saturated carbocycles. The molecule has 0 aliphatic carbocycles. The summed E-state index contributed by atoms with van der Waals surface area (Å²) in [5.74, 6) is 2.45. The number of nitrogens with two attached hydrogens (primary N) is 1. The lowest BCUT2D eigenvalue weighted by molar-refractivity contribution is -0.130. The van der Waals surface area contributed by atoms with Gasteiger partial charge in [0, 0.05) is 35.5 Å². The molecule has 0 aliphatic heterocycles. The van der Waals surface area contributed by atoms with Crippen LogP contribution in [0.15, 0.2) is 66.7 Å². The van der Waals surface area contributed by atoms with Crippen molar-refractivity contribution in [2.24, 2.45) is 5.73 Å². The van der Waals surface area contributed by atoms with E-state index in [0.717, 1.165) is 12.1 Å². The van der Waals surface area contributed by atoms with Gasteiger partial charge in [0.25, 0.3) is 11.8 Å². The number of amides is 3. The highest BCUT2D eigenvalue weighted by Crippen LogP contribution is 2.10. The SMILES string of the molecule is C.NC[C@H](NC(=O)c1ccc(C#Cc2ccc(NC(=O)CNCc3ccc(F)c(F)c3)cc2)cc1)C(=O)NO. The monoisotopic (exact) mass is 537 g/mol. The van der Waals surface area contributed by atoms with Crippen LogP contribution in [0, 0.1) is 23.5 Å². The van der Waals surface area contributed by atoms with Crippen LogP contribution in [0.5, 0.6) is 0 Å². The first-order valence-electron chi connectivity index (χ1n) is 11.4. The van der Waals surface area contributed by atoms with E-state index in [0.29, 0.717) is 27.9 Å². The van der Waals surface area contributed by atoms with E-state index < -0.39 is 29.5 Å². The molecule has 3 amide bonds. The molecule has 3 aromatic carbocycles. The van der Waals surface area contributed by atoms with E-state index in [2.05, 4.69) is 27.8 Å². The largest absolute Gasteiger partial charge is 0.339 e. The lowest BCUT2D eigenvalue weighted by atomic mass is 10.1. The minimum Gasteiger partial charge on any atom is -0.339 e. The Kier molecular flexibility index (Phi) is 11.7. The van der Waals surface area contributed by atoms with Gasteiger partial charge in [-0.25, -0.2) is 14.3 Å². The highest BCUT2D eigenvalue weighted by molar-refractivity contribution is 5.97. The molecule has 0 aliphatic rings. The molecule has 11 heteroatoms. The van der Waals surface area contributed by atoms with Gasteiger partial charge >= 0.3 is 0 Å². The first kappa shape index (κ1) is 30.6. The van der Waals surface area contributed by atoms with Crippen molar-refractivity contribution < 1.29 is 28.4 Å². The van der Waals surface area contributed by atoms with E-state index in [1.807, 2.05) is 0 Å². The number of hydrogen-bond donors (Lipinski definition) is 6. The van der Waals surface area contributed by atoms with Gasteiger partial charge in [-0.1, -0.05) is 25.3 Å². The highest BCUT2D eigenvalue weighted by Gasteiger charge is 2.19. The minimum atomic E-state index is -1.07. The van der Waals surface area contributed by atoms with E-state index >= 15 is 0 Å². The second-order valence-electron chi connectivity index (χ2n) is 8.04. The number of halogens is 2. The van der Waals surface area contributed by atoms with E-state index in [-0.39, 0.29) is 33.0 Å². The lowest BCUT2D eigenvalue weighted by Gasteiger charge is -2.14. The van der Waals surface area contributed by atoms with Crippen molar-refractivity contribution in [3.63, 3.8) is 0 Å². The Bertz CT molecular complexity index is 1350. The molecular formula is C28H29F2N5O4. The van der Waals surface area contributed by atoms with Crippen LogP contribution in [-0.2, 0) is 16.1 Å². The second-order valence-corrected chi connectivity index (χ2v) is 8.04. The number of carbonyl (C=O) groups excluding carboxylic acids is 3. The Labute approximate surface area is 224 Å². The van der Waals surface area contributed by atoms with Crippen LogP contribution in [-0.4, -0.2) is 42.1 Å². The Morgan fingerprint density at radius 3 is 2.08 bits per heavy atom. The number of nitrogens with one attached hydrogen (secondary N) is 4. The van der Waals surface area contributed by atoms with Gasteiger partial charge in [-0.15, -0.1) is 0 Å². The molecular weight excluding hydrogens is 508 g/mol. The van der Waals surface area contributed by atoms with Crippen molar-refractivity contribution in [2.75, 3.05) is 18.4 Å². The molecule has 204 valence electrons. The van der Waals surface area contributed by atoms with Crippen LogP contribution in [0.25, 0.3) is 0 Å². The predicted octanol–water partition coefficient (Wildman–Crippen LogP) is 2.29. The summed E-state index contributed by atoms with van der Waals surface area (Å²) < 4.78 is 26.2. The summed E-state index contributed by atoms with van der Waals surface area (Å²) in [4.78, 5) is 35.8. The van der Waals surface area contributed by atoms with Crippen molar-refractivity contribution in [3.8, 4) is 11.8 Å². The molecule has 9 nitrogen and oxygen atoms in total. The molecule has 39 heavy (non-hydrogen) atoms. The Hall–Kier alpha value is -4.63. The smallest absolute Gasteiger partial charge is 0.267 e. The molecule has 0 bridgehead atoms. The molecule has 7 N–H and O–H groups in total. The summed E-state index contributed by atoms with van der Waals surface area (Å²) in [5, 5.41) is 16.7. The fraction of sp³-hybridized carbons (Fsp3) is 0.179. The first-order chi connectivity index (χ1) is 18.3. The Morgan fingerprint density at radius 2 is 1.51 bits per heavy atom. The van der Waals surface area contributed by atoms with Gasteiger partial charge in [0.15, 0.2) is 11.6 Å². The van der Waals surface area contributed by atoms with Gasteiger partial charge in [0.05, 0.1) is 6.54 Å². The molecule has 1 atom stereocenters. The van der Waals surface area contributed by atoms with Gasteiger partial charge in [-0.2, -0.15) is 0 Å². The summed E-state index contributed by atoms with van der Waals surface area (Å²) in [6.07, 6.45) is 0. The third kappa shape index (κ3) is 9.32. The number of anilines is 1. The minimum absolute atomic E-state index is 0. The van der Waals surface area contributed by atoms with E-state index in [4.69, 9.17) is 10.9 Å². The number of hydroxylamine groups is 1. The Morgan fingerprint density at radius 1 is 0.897 bits per heavy atom. The van der Waals surface area contributed by atoms with E-state index in [9.17, 15) is 23.2 Å². The predicted molar refractivity (Wildman–Crippen MR) is 143 cm³/mol. The molecule has 0 heterocycles. The average molecular weight is 538 g/mol. The van der Waals surface area contributed by atoms with Crippen molar-refractivity contribution in [1.29, 1.82) is 0 Å². The third-order valence-corrected chi connectivity index (χ3v) is 5.23. The maximum absolute atomic E-state index is 13.2.